The van der Waals surface area contributed by atoms with Gasteiger partial charge >= 0.3 is 0 Å². The maximum absolute atomic E-state index is 6.29. The third-order valence-corrected chi connectivity index (χ3v) is 8.84. The van der Waals surface area contributed by atoms with Crippen molar-refractivity contribution in [2.24, 2.45) is 0 Å². The molecule has 5 nitrogen and oxygen atoms in total. The van der Waals surface area contributed by atoms with E-state index in [0.29, 0.717) is 11.5 Å². The van der Waals surface area contributed by atoms with Crippen molar-refractivity contribution in [3.05, 3.63) is 140 Å². The van der Waals surface area contributed by atoms with Crippen molar-refractivity contribution in [1.82, 2.24) is 14.5 Å². The SMILES string of the molecule is c1ccc(-c2nc(-c3ccc(-n4c5ccccc5c5ccc6oc7ccccc7c6c54)cc3)nc3oc4ccccc4c23)cc1. The minimum absolute atomic E-state index is 0.584. The first-order chi connectivity index (χ1) is 22.3. The molecule has 10 rings (SSSR count). The van der Waals surface area contributed by atoms with Gasteiger partial charge in [0.05, 0.1) is 27.5 Å². The molecule has 0 N–H and O–H groups in total. The van der Waals surface area contributed by atoms with Crippen LogP contribution in [0.1, 0.15) is 0 Å². The Bertz CT molecular complexity index is 2750. The van der Waals surface area contributed by atoms with E-state index in [0.717, 1.165) is 71.8 Å². The molecule has 0 aliphatic carbocycles. The minimum atomic E-state index is 0.584. The Balaban J connectivity index is 1.20. The van der Waals surface area contributed by atoms with Gasteiger partial charge in [-0.05, 0) is 54.6 Å². The molecule has 4 heterocycles. The standard InChI is InChI=1S/C40H23N3O2/c1-2-10-24(11-3-1)37-36-30-14-6-9-17-33(30)45-40(36)42-39(41-37)25-18-20-26(21-19-25)43-31-15-7-4-12-27(31)28-22-23-34-35(38(28)43)29-13-5-8-16-32(29)44-34/h1-23H. The average molecular weight is 578 g/mol. The summed E-state index contributed by atoms with van der Waals surface area (Å²) >= 11 is 0. The Morgan fingerprint density at radius 2 is 1.11 bits per heavy atom. The highest BCUT2D eigenvalue weighted by atomic mass is 16.3. The predicted octanol–water partition coefficient (Wildman–Crippen LogP) is 10.7. The lowest BCUT2D eigenvalue weighted by Gasteiger charge is -2.10. The fourth-order valence-corrected chi connectivity index (χ4v) is 6.85. The van der Waals surface area contributed by atoms with Crippen LogP contribution in [0.4, 0.5) is 0 Å². The Morgan fingerprint density at radius 3 is 1.91 bits per heavy atom. The van der Waals surface area contributed by atoms with Gasteiger partial charge in [0, 0.05) is 38.4 Å². The van der Waals surface area contributed by atoms with E-state index >= 15 is 0 Å². The summed E-state index contributed by atoms with van der Waals surface area (Å²) in [4.78, 5) is 10.1. The molecule has 0 fully saturated rings. The van der Waals surface area contributed by atoms with Crippen LogP contribution in [0.5, 0.6) is 0 Å². The third kappa shape index (κ3) is 3.49. The van der Waals surface area contributed by atoms with E-state index in [1.165, 1.54) is 10.8 Å². The summed E-state index contributed by atoms with van der Waals surface area (Å²) in [6, 6.07) is 47.9. The molecule has 210 valence electrons. The van der Waals surface area contributed by atoms with Crippen LogP contribution in [-0.2, 0) is 0 Å². The van der Waals surface area contributed by atoms with Crippen LogP contribution in [0.3, 0.4) is 0 Å². The number of nitrogens with zero attached hydrogens (tertiary/aromatic N) is 3. The lowest BCUT2D eigenvalue weighted by Crippen LogP contribution is -1.96. The normalized spacial score (nSPS) is 12.0. The van der Waals surface area contributed by atoms with Crippen LogP contribution in [0.15, 0.2) is 148 Å². The number of hydrogen-bond acceptors (Lipinski definition) is 4. The smallest absolute Gasteiger partial charge is 0.231 e. The average Bonchev–Trinajstić information content (AvgIpc) is 3.77. The van der Waals surface area contributed by atoms with Crippen molar-refractivity contribution in [3.8, 4) is 28.3 Å². The molecular weight excluding hydrogens is 554 g/mol. The van der Waals surface area contributed by atoms with Crippen LogP contribution in [0.2, 0.25) is 0 Å². The molecule has 0 bridgehead atoms. The number of para-hydroxylation sites is 3. The fraction of sp³-hybridized carbons (Fsp3) is 0. The van der Waals surface area contributed by atoms with E-state index < -0.39 is 0 Å². The van der Waals surface area contributed by atoms with Crippen molar-refractivity contribution < 1.29 is 8.83 Å². The monoisotopic (exact) mass is 577 g/mol. The maximum Gasteiger partial charge on any atom is 0.231 e. The number of rotatable bonds is 3. The highest BCUT2D eigenvalue weighted by Crippen LogP contribution is 2.41. The van der Waals surface area contributed by atoms with Crippen LogP contribution in [-0.4, -0.2) is 14.5 Å². The maximum atomic E-state index is 6.29. The van der Waals surface area contributed by atoms with E-state index in [-0.39, 0.29) is 0 Å². The molecule has 0 amide bonds. The van der Waals surface area contributed by atoms with Gasteiger partial charge in [-0.2, -0.15) is 4.98 Å². The molecule has 0 aliphatic rings. The molecule has 0 atom stereocenters. The van der Waals surface area contributed by atoms with Crippen molar-refractivity contribution >= 4 is 65.8 Å². The van der Waals surface area contributed by atoms with Gasteiger partial charge < -0.3 is 13.4 Å². The largest absolute Gasteiger partial charge is 0.456 e. The van der Waals surface area contributed by atoms with E-state index in [1.807, 2.05) is 48.5 Å². The van der Waals surface area contributed by atoms with Gasteiger partial charge in [-0.3, -0.25) is 0 Å². The second-order valence-electron chi connectivity index (χ2n) is 11.4. The van der Waals surface area contributed by atoms with Gasteiger partial charge in [0.15, 0.2) is 5.82 Å². The zero-order valence-corrected chi connectivity index (χ0v) is 23.9. The van der Waals surface area contributed by atoms with E-state index in [1.54, 1.807) is 0 Å². The van der Waals surface area contributed by atoms with Crippen LogP contribution in [0, 0.1) is 0 Å². The first-order valence-corrected chi connectivity index (χ1v) is 15.0. The second kappa shape index (κ2) is 9.15. The molecule has 0 spiro atoms. The number of fused-ring (bicyclic) bond motifs is 10. The van der Waals surface area contributed by atoms with Gasteiger partial charge in [0.25, 0.3) is 0 Å². The van der Waals surface area contributed by atoms with Crippen molar-refractivity contribution in [1.29, 1.82) is 0 Å². The molecule has 0 saturated carbocycles. The second-order valence-corrected chi connectivity index (χ2v) is 11.4. The summed E-state index contributed by atoms with van der Waals surface area (Å²) in [6.07, 6.45) is 0. The first-order valence-electron chi connectivity index (χ1n) is 15.0. The molecule has 5 heteroatoms. The quantitative estimate of drug-likeness (QED) is 0.210. The van der Waals surface area contributed by atoms with Crippen LogP contribution < -0.4 is 0 Å². The molecule has 0 unspecified atom stereocenters. The summed E-state index contributed by atoms with van der Waals surface area (Å²) in [5.74, 6) is 0.623. The van der Waals surface area contributed by atoms with E-state index in [4.69, 9.17) is 18.8 Å². The Labute approximate surface area is 256 Å². The van der Waals surface area contributed by atoms with Gasteiger partial charge in [-0.1, -0.05) is 84.9 Å². The highest BCUT2D eigenvalue weighted by Gasteiger charge is 2.20. The third-order valence-electron chi connectivity index (χ3n) is 8.84. The summed E-state index contributed by atoms with van der Waals surface area (Å²) in [5, 5.41) is 6.57. The van der Waals surface area contributed by atoms with Crippen molar-refractivity contribution in [2.45, 2.75) is 0 Å². The fourth-order valence-electron chi connectivity index (χ4n) is 6.85. The highest BCUT2D eigenvalue weighted by molar-refractivity contribution is 6.24. The number of benzene rings is 6. The molecule has 0 aliphatic heterocycles. The zero-order valence-electron chi connectivity index (χ0n) is 23.9. The predicted molar refractivity (Wildman–Crippen MR) is 182 cm³/mol. The van der Waals surface area contributed by atoms with Crippen molar-refractivity contribution in [2.75, 3.05) is 0 Å². The van der Waals surface area contributed by atoms with Gasteiger partial charge in [0.1, 0.15) is 16.7 Å². The Hall–Kier alpha value is -6.20. The molecule has 6 aromatic carbocycles. The first kappa shape index (κ1) is 24.3. The molecule has 4 aromatic heterocycles. The number of aromatic nitrogens is 3. The zero-order chi connectivity index (χ0) is 29.5. The van der Waals surface area contributed by atoms with E-state index in [2.05, 4.69) is 95.6 Å². The van der Waals surface area contributed by atoms with Crippen LogP contribution >= 0.6 is 0 Å². The number of furan rings is 2. The molecule has 0 saturated heterocycles. The summed E-state index contributed by atoms with van der Waals surface area (Å²) in [5.41, 5.74) is 9.29. The topological polar surface area (TPSA) is 57.0 Å². The lowest BCUT2D eigenvalue weighted by atomic mass is 10.1. The Kier molecular flexibility index (Phi) is 4.93. The Morgan fingerprint density at radius 1 is 0.444 bits per heavy atom. The number of hydrogen-bond donors (Lipinski definition) is 0. The van der Waals surface area contributed by atoms with Crippen LogP contribution in [0.25, 0.3) is 94.1 Å². The summed E-state index contributed by atoms with van der Waals surface area (Å²) in [7, 11) is 0. The van der Waals surface area contributed by atoms with Gasteiger partial charge in [-0.15, -0.1) is 0 Å². The van der Waals surface area contributed by atoms with Gasteiger partial charge in [0.2, 0.25) is 5.71 Å². The molecule has 10 aromatic rings. The van der Waals surface area contributed by atoms with Gasteiger partial charge in [-0.25, -0.2) is 4.98 Å². The summed E-state index contributed by atoms with van der Waals surface area (Å²) < 4.78 is 14.9. The van der Waals surface area contributed by atoms with Crippen molar-refractivity contribution in [3.63, 3.8) is 0 Å². The molecule has 45 heavy (non-hydrogen) atoms. The van der Waals surface area contributed by atoms with E-state index in [9.17, 15) is 0 Å². The minimum Gasteiger partial charge on any atom is -0.456 e. The molecular formula is C40H23N3O2. The summed E-state index contributed by atoms with van der Waals surface area (Å²) in [6.45, 7) is 0. The molecule has 0 radical (unpaired) electrons. The lowest BCUT2D eigenvalue weighted by molar-refractivity contribution is 0.653.